The molecule has 0 saturated heterocycles. The van der Waals surface area contributed by atoms with E-state index in [0.717, 1.165) is 33.4 Å². The Balaban J connectivity index is 1.37. The topological polar surface area (TPSA) is 71.0 Å². The summed E-state index contributed by atoms with van der Waals surface area (Å²) >= 11 is 0. The van der Waals surface area contributed by atoms with Gasteiger partial charge in [0.15, 0.2) is 0 Å². The van der Waals surface area contributed by atoms with Crippen LogP contribution in [0.15, 0.2) is 104 Å². The first-order valence-corrected chi connectivity index (χ1v) is 11.0. The fourth-order valence-corrected chi connectivity index (χ4v) is 3.86. The molecule has 2 aromatic carbocycles. The van der Waals surface area contributed by atoms with E-state index in [1.165, 1.54) is 0 Å². The Bertz CT molecular complexity index is 1380. The summed E-state index contributed by atoms with van der Waals surface area (Å²) < 4.78 is 0. The van der Waals surface area contributed by atoms with Crippen LogP contribution in [0.1, 0.15) is 11.1 Å². The average Bonchev–Trinajstić information content (AvgIpc) is 2.88. The molecule has 166 valence electrons. The van der Waals surface area contributed by atoms with Crippen molar-refractivity contribution in [3.8, 4) is 0 Å². The first-order chi connectivity index (χ1) is 16.7. The Hall–Kier alpha value is -4.58. The maximum atomic E-state index is 13.3. The van der Waals surface area contributed by atoms with Crippen LogP contribution >= 0.6 is 0 Å². The molecule has 0 aliphatic rings. The molecule has 0 radical (unpaired) electrons. The van der Waals surface area contributed by atoms with Gasteiger partial charge in [0.25, 0.3) is 0 Å². The summed E-state index contributed by atoms with van der Waals surface area (Å²) in [5, 5.41) is 4.59. The predicted molar refractivity (Wildman–Crippen MR) is 136 cm³/mol. The van der Waals surface area contributed by atoms with Crippen LogP contribution in [0, 0.1) is 6.92 Å². The van der Waals surface area contributed by atoms with Crippen LogP contribution in [-0.2, 0) is 11.2 Å². The Labute approximate surface area is 198 Å². The zero-order valence-corrected chi connectivity index (χ0v) is 18.7. The second-order valence-corrected chi connectivity index (χ2v) is 7.94. The van der Waals surface area contributed by atoms with Gasteiger partial charge in [0.05, 0.1) is 17.6 Å². The van der Waals surface area contributed by atoms with Crippen LogP contribution in [0.3, 0.4) is 0 Å². The molecule has 6 nitrogen and oxygen atoms in total. The first kappa shape index (κ1) is 21.3. The number of aromatic nitrogens is 3. The van der Waals surface area contributed by atoms with Gasteiger partial charge in [-0.1, -0.05) is 42.5 Å². The van der Waals surface area contributed by atoms with Gasteiger partial charge in [-0.15, -0.1) is 0 Å². The lowest BCUT2D eigenvalue weighted by atomic mass is 10.1. The van der Waals surface area contributed by atoms with E-state index in [0.29, 0.717) is 11.6 Å². The van der Waals surface area contributed by atoms with E-state index in [-0.39, 0.29) is 12.3 Å². The molecule has 0 atom stereocenters. The summed E-state index contributed by atoms with van der Waals surface area (Å²) in [7, 11) is 0. The molecule has 0 fully saturated rings. The highest BCUT2D eigenvalue weighted by Crippen LogP contribution is 2.29. The zero-order valence-electron chi connectivity index (χ0n) is 18.7. The maximum Gasteiger partial charge on any atom is 0.238 e. The summed E-state index contributed by atoms with van der Waals surface area (Å²) in [4.78, 5) is 28.1. The second kappa shape index (κ2) is 9.50. The van der Waals surface area contributed by atoms with Crippen molar-refractivity contribution in [2.24, 2.45) is 0 Å². The third kappa shape index (κ3) is 4.47. The van der Waals surface area contributed by atoms with Crippen LogP contribution in [0.2, 0.25) is 0 Å². The number of anilines is 4. The van der Waals surface area contributed by atoms with Gasteiger partial charge in [-0.25, -0.2) is 14.9 Å². The molecule has 3 aromatic heterocycles. The number of carbonyl (C=O) groups is 1. The number of carbonyl (C=O) groups excluding carboxylic acids is 1. The number of hydrogen-bond acceptors (Lipinski definition) is 5. The molecule has 0 unspecified atom stereocenters. The number of hydrogen-bond donors (Lipinski definition) is 1. The Kier molecular flexibility index (Phi) is 5.95. The van der Waals surface area contributed by atoms with Gasteiger partial charge in [-0.3, -0.25) is 9.78 Å². The number of benzene rings is 2. The predicted octanol–water partition coefficient (Wildman–Crippen LogP) is 5.98. The van der Waals surface area contributed by atoms with E-state index < -0.39 is 0 Å². The fourth-order valence-electron chi connectivity index (χ4n) is 3.86. The molecule has 6 heteroatoms. The van der Waals surface area contributed by atoms with Gasteiger partial charge in [-0.2, -0.15) is 0 Å². The minimum Gasteiger partial charge on any atom is -0.355 e. The molecular weight excluding hydrogens is 422 g/mol. The third-order valence-electron chi connectivity index (χ3n) is 5.55. The van der Waals surface area contributed by atoms with E-state index in [4.69, 9.17) is 0 Å². The molecule has 34 heavy (non-hydrogen) atoms. The summed E-state index contributed by atoms with van der Waals surface area (Å²) in [5.41, 5.74) is 4.90. The van der Waals surface area contributed by atoms with E-state index in [1.54, 1.807) is 29.4 Å². The average molecular weight is 446 g/mol. The highest BCUT2D eigenvalue weighted by Gasteiger charge is 2.20. The van der Waals surface area contributed by atoms with Crippen molar-refractivity contribution >= 4 is 39.8 Å². The van der Waals surface area contributed by atoms with Crippen LogP contribution in [0.5, 0.6) is 0 Å². The Morgan fingerprint density at radius 1 is 0.794 bits per heavy atom. The van der Waals surface area contributed by atoms with Gasteiger partial charge < -0.3 is 5.32 Å². The summed E-state index contributed by atoms with van der Waals surface area (Å²) in [5.74, 6) is 0.989. The molecule has 0 bridgehead atoms. The van der Waals surface area contributed by atoms with E-state index in [9.17, 15) is 4.79 Å². The molecule has 0 spiro atoms. The Morgan fingerprint density at radius 2 is 1.44 bits per heavy atom. The van der Waals surface area contributed by atoms with Crippen molar-refractivity contribution in [3.05, 3.63) is 115 Å². The third-order valence-corrected chi connectivity index (χ3v) is 5.55. The zero-order chi connectivity index (χ0) is 23.3. The van der Waals surface area contributed by atoms with E-state index in [1.807, 2.05) is 79.9 Å². The molecule has 1 amide bonds. The normalized spacial score (nSPS) is 10.7. The van der Waals surface area contributed by atoms with Crippen molar-refractivity contribution in [2.45, 2.75) is 13.3 Å². The highest BCUT2D eigenvalue weighted by molar-refractivity contribution is 6.00. The number of rotatable bonds is 6. The lowest BCUT2D eigenvalue weighted by Gasteiger charge is -2.21. The van der Waals surface area contributed by atoms with Crippen molar-refractivity contribution in [3.63, 3.8) is 0 Å². The molecule has 5 aromatic rings. The molecule has 0 aliphatic carbocycles. The van der Waals surface area contributed by atoms with Crippen LogP contribution in [0.4, 0.5) is 23.0 Å². The number of aryl methyl sites for hydroxylation is 1. The number of nitrogens with one attached hydrogen (secondary N) is 1. The lowest BCUT2D eigenvalue weighted by molar-refractivity contribution is -0.117. The number of nitrogens with zero attached hydrogens (tertiary/aromatic N) is 4. The van der Waals surface area contributed by atoms with Gasteiger partial charge in [0.2, 0.25) is 5.91 Å². The minimum absolute atomic E-state index is 0.103. The van der Waals surface area contributed by atoms with Crippen molar-refractivity contribution in [1.82, 2.24) is 15.0 Å². The van der Waals surface area contributed by atoms with Crippen LogP contribution in [-0.4, -0.2) is 20.9 Å². The Morgan fingerprint density at radius 3 is 2.09 bits per heavy atom. The highest BCUT2D eigenvalue weighted by atomic mass is 16.2. The summed E-state index contributed by atoms with van der Waals surface area (Å²) in [6.45, 7) is 2.04. The minimum atomic E-state index is -0.103. The van der Waals surface area contributed by atoms with Gasteiger partial charge in [0, 0.05) is 29.7 Å². The number of pyridine rings is 3. The molecular formula is C28H23N5O. The number of para-hydroxylation sites is 1. The molecule has 0 saturated carbocycles. The number of amides is 1. The molecule has 3 heterocycles. The van der Waals surface area contributed by atoms with Crippen LogP contribution in [0.25, 0.3) is 10.9 Å². The van der Waals surface area contributed by atoms with Gasteiger partial charge in [0.1, 0.15) is 11.6 Å². The standard InChI is InChI=1S/C28H23N5O/c1-20-19-31-24-9-3-2-8-23(24)28(20)32-22-14-12-21(13-15-22)18-27(34)33(25-10-4-6-16-29-25)26-11-5-7-17-30-26/h2-17,19H,18H2,1H3,(H,31,32). The molecule has 1 N–H and O–H groups in total. The van der Waals surface area contributed by atoms with Gasteiger partial charge >= 0.3 is 0 Å². The van der Waals surface area contributed by atoms with E-state index in [2.05, 4.69) is 26.3 Å². The monoisotopic (exact) mass is 445 g/mol. The van der Waals surface area contributed by atoms with Crippen molar-refractivity contribution < 1.29 is 4.79 Å². The van der Waals surface area contributed by atoms with Crippen molar-refractivity contribution in [1.29, 1.82) is 0 Å². The summed E-state index contributed by atoms with van der Waals surface area (Å²) in [6.07, 6.45) is 5.44. The van der Waals surface area contributed by atoms with Gasteiger partial charge in [-0.05, 0) is 60.5 Å². The summed E-state index contributed by atoms with van der Waals surface area (Å²) in [6, 6.07) is 27.0. The van der Waals surface area contributed by atoms with Crippen molar-refractivity contribution in [2.75, 3.05) is 10.2 Å². The molecule has 5 rings (SSSR count). The quantitative estimate of drug-likeness (QED) is 0.348. The first-order valence-electron chi connectivity index (χ1n) is 11.0. The van der Waals surface area contributed by atoms with E-state index >= 15 is 0 Å². The fraction of sp³-hybridized carbons (Fsp3) is 0.0714. The smallest absolute Gasteiger partial charge is 0.238 e. The largest absolute Gasteiger partial charge is 0.355 e. The lowest BCUT2D eigenvalue weighted by Crippen LogP contribution is -2.29. The number of fused-ring (bicyclic) bond motifs is 1. The maximum absolute atomic E-state index is 13.3. The second-order valence-electron chi connectivity index (χ2n) is 7.94. The van der Waals surface area contributed by atoms with Crippen LogP contribution < -0.4 is 10.2 Å². The SMILES string of the molecule is Cc1cnc2ccccc2c1Nc1ccc(CC(=O)N(c2ccccn2)c2ccccn2)cc1. The molecule has 0 aliphatic heterocycles.